The van der Waals surface area contributed by atoms with Crippen molar-refractivity contribution in [2.45, 2.75) is 12.2 Å². The molecule has 2 rings (SSSR count). The van der Waals surface area contributed by atoms with E-state index < -0.39 is 0 Å². The molecule has 0 fully saturated rings. The first-order valence-electron chi connectivity index (χ1n) is 5.00. The highest BCUT2D eigenvalue weighted by Crippen LogP contribution is 2.29. The van der Waals surface area contributed by atoms with E-state index in [9.17, 15) is 0 Å². The van der Waals surface area contributed by atoms with Crippen LogP contribution in [0.4, 0.5) is 5.69 Å². The summed E-state index contributed by atoms with van der Waals surface area (Å²) >= 11 is 5.19. The van der Waals surface area contributed by atoms with Gasteiger partial charge in [-0.2, -0.15) is 0 Å². The molecule has 5 heteroatoms. The van der Waals surface area contributed by atoms with Gasteiger partial charge in [-0.15, -0.1) is 0 Å². The van der Waals surface area contributed by atoms with E-state index in [1.54, 1.807) is 18.9 Å². The lowest BCUT2D eigenvalue weighted by molar-refractivity contribution is 0.412. The molecule has 0 aromatic heterocycles. The Bertz CT molecular complexity index is 422. The number of thioether (sulfide) groups is 1. The summed E-state index contributed by atoms with van der Waals surface area (Å²) in [5.41, 5.74) is 1.00. The van der Waals surface area contributed by atoms with Crippen LogP contribution in [-0.4, -0.2) is 24.1 Å². The average molecular weight is 301 g/mol. The van der Waals surface area contributed by atoms with Gasteiger partial charge in [0, 0.05) is 17.0 Å². The van der Waals surface area contributed by atoms with Gasteiger partial charge in [-0.3, -0.25) is 4.99 Å². The molecule has 1 aromatic carbocycles. The highest BCUT2D eigenvalue weighted by atomic mass is 79.9. The summed E-state index contributed by atoms with van der Waals surface area (Å²) < 4.78 is 6.19. The smallest absolute Gasteiger partial charge is 0.161 e. The zero-order valence-electron chi connectivity index (χ0n) is 9.16. The standard InChI is InChI=1S/C11H13BrN2OS/c1-7-6-13-11(16-7)14-8-3-4-9(12)10(5-8)15-2/h3-5,7H,6H2,1-2H3,(H,13,14). The van der Waals surface area contributed by atoms with E-state index >= 15 is 0 Å². The Hall–Kier alpha value is -0.680. The minimum absolute atomic E-state index is 0.569. The largest absolute Gasteiger partial charge is 0.495 e. The fourth-order valence-electron chi connectivity index (χ4n) is 1.41. The normalized spacial score (nSPS) is 19.4. The number of nitrogens with zero attached hydrogens (tertiary/aromatic N) is 1. The van der Waals surface area contributed by atoms with Crippen LogP contribution < -0.4 is 10.1 Å². The van der Waals surface area contributed by atoms with Crippen LogP contribution in [0.3, 0.4) is 0 Å². The molecule has 1 atom stereocenters. The summed E-state index contributed by atoms with van der Waals surface area (Å²) in [6, 6.07) is 5.92. The van der Waals surface area contributed by atoms with Gasteiger partial charge in [-0.1, -0.05) is 18.7 Å². The molecule has 0 saturated carbocycles. The Kier molecular flexibility index (Phi) is 3.76. The van der Waals surface area contributed by atoms with Crippen LogP contribution in [0.2, 0.25) is 0 Å². The van der Waals surface area contributed by atoms with E-state index in [4.69, 9.17) is 4.74 Å². The van der Waals surface area contributed by atoms with Gasteiger partial charge in [0.15, 0.2) is 5.17 Å². The quantitative estimate of drug-likeness (QED) is 0.909. The fourth-order valence-corrected chi connectivity index (χ4v) is 2.67. The van der Waals surface area contributed by atoms with Crippen LogP contribution in [-0.2, 0) is 0 Å². The third kappa shape index (κ3) is 2.71. The lowest BCUT2D eigenvalue weighted by Gasteiger charge is -2.09. The van der Waals surface area contributed by atoms with Gasteiger partial charge in [0.25, 0.3) is 0 Å². The van der Waals surface area contributed by atoms with Crippen molar-refractivity contribution in [3.8, 4) is 5.75 Å². The molecule has 3 nitrogen and oxygen atoms in total. The summed E-state index contributed by atoms with van der Waals surface area (Å²) in [6.07, 6.45) is 0. The Labute approximate surface area is 108 Å². The zero-order valence-corrected chi connectivity index (χ0v) is 11.6. The number of amidine groups is 1. The molecule has 0 saturated heterocycles. The van der Waals surface area contributed by atoms with Crippen molar-refractivity contribution in [2.24, 2.45) is 4.99 Å². The van der Waals surface area contributed by atoms with Crippen molar-refractivity contribution < 1.29 is 4.74 Å². The fraction of sp³-hybridized carbons (Fsp3) is 0.364. The maximum absolute atomic E-state index is 5.24. The van der Waals surface area contributed by atoms with Crippen LogP contribution >= 0.6 is 27.7 Å². The van der Waals surface area contributed by atoms with E-state index in [0.717, 1.165) is 27.6 Å². The predicted molar refractivity (Wildman–Crippen MR) is 73.7 cm³/mol. The van der Waals surface area contributed by atoms with Gasteiger partial charge in [0.05, 0.1) is 18.1 Å². The van der Waals surface area contributed by atoms with E-state index in [1.165, 1.54) is 0 Å². The summed E-state index contributed by atoms with van der Waals surface area (Å²) in [6.45, 7) is 3.06. The zero-order chi connectivity index (χ0) is 11.5. The number of hydrogen-bond donors (Lipinski definition) is 1. The molecule has 1 N–H and O–H groups in total. The Morgan fingerprint density at radius 1 is 1.56 bits per heavy atom. The van der Waals surface area contributed by atoms with Crippen LogP contribution in [0, 0.1) is 0 Å². The lowest BCUT2D eigenvalue weighted by Crippen LogP contribution is -2.06. The molecular weight excluding hydrogens is 288 g/mol. The van der Waals surface area contributed by atoms with Gasteiger partial charge in [0.1, 0.15) is 5.75 Å². The lowest BCUT2D eigenvalue weighted by atomic mass is 10.3. The van der Waals surface area contributed by atoms with Crippen molar-refractivity contribution in [2.75, 3.05) is 19.0 Å². The molecule has 1 heterocycles. The number of hydrogen-bond acceptors (Lipinski definition) is 4. The Morgan fingerprint density at radius 2 is 2.38 bits per heavy atom. The van der Waals surface area contributed by atoms with Crippen molar-refractivity contribution in [3.05, 3.63) is 22.7 Å². The van der Waals surface area contributed by atoms with Crippen LogP contribution in [0.1, 0.15) is 6.92 Å². The summed E-state index contributed by atoms with van der Waals surface area (Å²) in [4.78, 5) is 4.41. The first-order valence-corrected chi connectivity index (χ1v) is 6.68. The molecule has 0 bridgehead atoms. The van der Waals surface area contributed by atoms with Gasteiger partial charge < -0.3 is 10.1 Å². The second-order valence-electron chi connectivity index (χ2n) is 3.55. The van der Waals surface area contributed by atoms with Gasteiger partial charge >= 0.3 is 0 Å². The molecule has 1 aliphatic heterocycles. The van der Waals surface area contributed by atoms with Gasteiger partial charge in [0.2, 0.25) is 0 Å². The maximum Gasteiger partial charge on any atom is 0.161 e. The number of halogens is 1. The first-order chi connectivity index (χ1) is 7.69. The molecule has 1 unspecified atom stereocenters. The minimum Gasteiger partial charge on any atom is -0.495 e. The third-order valence-electron chi connectivity index (χ3n) is 2.21. The number of nitrogens with one attached hydrogen (secondary N) is 1. The number of benzene rings is 1. The first kappa shape index (κ1) is 11.8. The van der Waals surface area contributed by atoms with E-state index in [2.05, 4.69) is 33.2 Å². The molecule has 0 aliphatic carbocycles. The third-order valence-corrected chi connectivity index (χ3v) is 3.87. The molecule has 86 valence electrons. The summed E-state index contributed by atoms with van der Waals surface area (Å²) in [5.74, 6) is 0.821. The monoisotopic (exact) mass is 300 g/mol. The molecule has 16 heavy (non-hydrogen) atoms. The van der Waals surface area contributed by atoms with Crippen molar-refractivity contribution in [3.63, 3.8) is 0 Å². The molecule has 0 amide bonds. The van der Waals surface area contributed by atoms with Crippen LogP contribution in [0.5, 0.6) is 5.75 Å². The average Bonchev–Trinajstić information content (AvgIpc) is 2.67. The van der Waals surface area contributed by atoms with E-state index in [0.29, 0.717) is 5.25 Å². The van der Waals surface area contributed by atoms with Crippen molar-refractivity contribution >= 4 is 38.5 Å². The van der Waals surface area contributed by atoms with Crippen molar-refractivity contribution in [1.29, 1.82) is 0 Å². The molecule has 1 aliphatic rings. The molecule has 0 spiro atoms. The number of anilines is 1. The van der Waals surface area contributed by atoms with Crippen LogP contribution in [0.25, 0.3) is 0 Å². The van der Waals surface area contributed by atoms with Gasteiger partial charge in [-0.05, 0) is 28.1 Å². The molecule has 0 radical (unpaired) electrons. The summed E-state index contributed by atoms with van der Waals surface area (Å²) in [5, 5.41) is 4.84. The number of methoxy groups -OCH3 is 1. The highest BCUT2D eigenvalue weighted by molar-refractivity contribution is 9.10. The number of aliphatic imine (C=N–C) groups is 1. The molecular formula is C11H13BrN2OS. The second kappa shape index (κ2) is 5.10. The maximum atomic E-state index is 5.24. The van der Waals surface area contributed by atoms with Gasteiger partial charge in [-0.25, -0.2) is 0 Å². The predicted octanol–water partition coefficient (Wildman–Crippen LogP) is 3.36. The van der Waals surface area contributed by atoms with Crippen molar-refractivity contribution in [1.82, 2.24) is 0 Å². The van der Waals surface area contributed by atoms with E-state index in [-0.39, 0.29) is 0 Å². The minimum atomic E-state index is 0.569. The topological polar surface area (TPSA) is 33.6 Å². The number of rotatable bonds is 2. The Balaban J connectivity index is 2.10. The Morgan fingerprint density at radius 3 is 3.00 bits per heavy atom. The molecule has 1 aromatic rings. The van der Waals surface area contributed by atoms with E-state index in [1.807, 2.05) is 18.2 Å². The highest BCUT2D eigenvalue weighted by Gasteiger charge is 2.15. The number of ether oxygens (including phenoxy) is 1. The summed E-state index contributed by atoms with van der Waals surface area (Å²) in [7, 11) is 1.66. The van der Waals surface area contributed by atoms with Crippen LogP contribution in [0.15, 0.2) is 27.7 Å². The second-order valence-corrected chi connectivity index (χ2v) is 5.83. The SMILES string of the molecule is COc1cc(NC2=NCC(C)S2)ccc1Br.